The molecule has 35 heavy (non-hydrogen) atoms. The van der Waals surface area contributed by atoms with Gasteiger partial charge in [-0.1, -0.05) is 23.4 Å². The summed E-state index contributed by atoms with van der Waals surface area (Å²) < 4.78 is 10.8. The summed E-state index contributed by atoms with van der Waals surface area (Å²) in [6.45, 7) is 17.0. The fourth-order valence-electron chi connectivity index (χ4n) is 3.88. The van der Waals surface area contributed by atoms with Crippen molar-refractivity contribution in [3.05, 3.63) is 41.0 Å². The van der Waals surface area contributed by atoms with Crippen molar-refractivity contribution in [2.24, 2.45) is 0 Å². The van der Waals surface area contributed by atoms with Crippen LogP contribution in [0.4, 0.5) is 10.5 Å². The van der Waals surface area contributed by atoms with Gasteiger partial charge in [-0.25, -0.2) is 4.79 Å². The second-order valence-electron chi connectivity index (χ2n) is 10.6. The number of hydrogen-bond donors (Lipinski definition) is 2. The molecule has 0 saturated carbocycles. The predicted molar refractivity (Wildman–Crippen MR) is 133 cm³/mol. The maximum atomic E-state index is 12.6. The Labute approximate surface area is 207 Å². The van der Waals surface area contributed by atoms with E-state index in [0.29, 0.717) is 24.8 Å². The van der Waals surface area contributed by atoms with Crippen molar-refractivity contribution < 1.29 is 18.8 Å². The zero-order valence-electron chi connectivity index (χ0n) is 21.9. The van der Waals surface area contributed by atoms with Crippen molar-refractivity contribution in [2.75, 3.05) is 38.0 Å². The van der Waals surface area contributed by atoms with E-state index in [1.54, 1.807) is 13.8 Å². The normalized spacial score (nSPS) is 15.6. The van der Waals surface area contributed by atoms with E-state index in [1.807, 2.05) is 52.8 Å². The van der Waals surface area contributed by atoms with E-state index in [-0.39, 0.29) is 5.91 Å². The van der Waals surface area contributed by atoms with Crippen molar-refractivity contribution >= 4 is 17.7 Å². The number of nitrogens with zero attached hydrogens (tertiary/aromatic N) is 4. The number of ether oxygens (including phenoxy) is 1. The van der Waals surface area contributed by atoms with Crippen molar-refractivity contribution in [1.29, 1.82) is 0 Å². The van der Waals surface area contributed by atoms with Gasteiger partial charge in [-0.15, -0.1) is 0 Å². The third-order valence-electron chi connectivity index (χ3n) is 5.78. The van der Waals surface area contributed by atoms with Crippen molar-refractivity contribution in [1.82, 2.24) is 25.3 Å². The Bertz CT molecular complexity index is 1010. The van der Waals surface area contributed by atoms with Crippen molar-refractivity contribution in [2.45, 2.75) is 66.2 Å². The molecule has 1 fully saturated rings. The Morgan fingerprint density at radius 2 is 1.63 bits per heavy atom. The van der Waals surface area contributed by atoms with Crippen LogP contribution in [-0.4, -0.2) is 70.3 Å². The third-order valence-corrected chi connectivity index (χ3v) is 5.78. The van der Waals surface area contributed by atoms with Gasteiger partial charge in [0.15, 0.2) is 5.82 Å². The first kappa shape index (κ1) is 26.6. The number of rotatable bonds is 7. The van der Waals surface area contributed by atoms with Gasteiger partial charge in [0.25, 0.3) is 0 Å². The van der Waals surface area contributed by atoms with Crippen LogP contribution in [0.5, 0.6) is 0 Å². The Balaban J connectivity index is 1.46. The van der Waals surface area contributed by atoms with Gasteiger partial charge in [-0.2, -0.15) is 4.98 Å². The van der Waals surface area contributed by atoms with Crippen LogP contribution in [0.15, 0.2) is 22.7 Å². The van der Waals surface area contributed by atoms with E-state index in [0.717, 1.165) is 43.0 Å². The molecular formula is C25H38N6O4. The molecule has 0 spiro atoms. The monoisotopic (exact) mass is 486 g/mol. The Hall–Kier alpha value is -2.98. The standard InChI is InChI=1S/C25H38N6O4/c1-17-9-8-10-18(2)21(17)26-19(32)15-30-11-13-31(14-12-30)16-20-27-22(29-35-20)25(6,7)28-23(33)34-24(3,4)5/h8-10H,11-16H2,1-7H3,(H,26,32)(H,28,33). The predicted octanol–water partition coefficient (Wildman–Crippen LogP) is 3.20. The molecule has 1 aromatic carbocycles. The molecule has 2 heterocycles. The quantitative estimate of drug-likeness (QED) is 0.614. The number of carbonyl (C=O) groups is 2. The molecule has 2 N–H and O–H groups in total. The van der Waals surface area contributed by atoms with E-state index >= 15 is 0 Å². The van der Waals surface area contributed by atoms with Crippen LogP contribution in [-0.2, 0) is 21.6 Å². The van der Waals surface area contributed by atoms with Crippen LogP contribution in [0, 0.1) is 13.8 Å². The first-order chi connectivity index (χ1) is 16.3. The average Bonchev–Trinajstić information content (AvgIpc) is 3.20. The highest BCUT2D eigenvalue weighted by molar-refractivity contribution is 5.93. The number of benzene rings is 1. The van der Waals surface area contributed by atoms with Gasteiger partial charge in [-0.05, 0) is 59.6 Å². The average molecular weight is 487 g/mol. The first-order valence-corrected chi connectivity index (χ1v) is 12.0. The van der Waals surface area contributed by atoms with Gasteiger partial charge in [0.2, 0.25) is 11.8 Å². The molecule has 0 radical (unpaired) electrons. The highest BCUT2D eigenvalue weighted by Crippen LogP contribution is 2.20. The summed E-state index contributed by atoms with van der Waals surface area (Å²) >= 11 is 0. The van der Waals surface area contributed by atoms with Gasteiger partial charge < -0.3 is 19.9 Å². The smallest absolute Gasteiger partial charge is 0.408 e. The first-order valence-electron chi connectivity index (χ1n) is 12.0. The zero-order valence-corrected chi connectivity index (χ0v) is 21.9. The molecular weight excluding hydrogens is 448 g/mol. The van der Waals surface area contributed by atoms with Crippen molar-refractivity contribution in [3.8, 4) is 0 Å². The SMILES string of the molecule is Cc1cccc(C)c1NC(=O)CN1CCN(Cc2nc(C(C)(C)NC(=O)OC(C)(C)C)no2)CC1. The van der Waals surface area contributed by atoms with Crippen LogP contribution < -0.4 is 10.6 Å². The molecule has 1 aliphatic rings. The van der Waals surface area contributed by atoms with E-state index < -0.39 is 17.2 Å². The number of piperazine rings is 1. The summed E-state index contributed by atoms with van der Waals surface area (Å²) in [5.74, 6) is 0.873. The lowest BCUT2D eigenvalue weighted by atomic mass is 10.1. The van der Waals surface area contributed by atoms with Crippen molar-refractivity contribution in [3.63, 3.8) is 0 Å². The molecule has 192 valence electrons. The van der Waals surface area contributed by atoms with Crippen LogP contribution in [0.25, 0.3) is 0 Å². The maximum absolute atomic E-state index is 12.6. The summed E-state index contributed by atoms with van der Waals surface area (Å²) in [7, 11) is 0. The van der Waals surface area contributed by atoms with E-state index in [2.05, 4.69) is 30.6 Å². The molecule has 10 nitrogen and oxygen atoms in total. The third kappa shape index (κ3) is 7.76. The fraction of sp³-hybridized carbons (Fsp3) is 0.600. The van der Waals surface area contributed by atoms with Crippen LogP contribution in [0.3, 0.4) is 0 Å². The molecule has 0 aliphatic carbocycles. The molecule has 0 bridgehead atoms. The molecule has 1 aliphatic heterocycles. The Kier molecular flexibility index (Phi) is 8.17. The molecule has 1 saturated heterocycles. The van der Waals surface area contributed by atoms with E-state index in [1.165, 1.54) is 0 Å². The second kappa shape index (κ2) is 10.7. The molecule has 0 atom stereocenters. The number of hydrogen-bond acceptors (Lipinski definition) is 8. The summed E-state index contributed by atoms with van der Waals surface area (Å²) in [5, 5.41) is 9.91. The second-order valence-corrected chi connectivity index (χ2v) is 10.6. The number of para-hydroxylation sites is 1. The Morgan fingerprint density at radius 3 is 2.23 bits per heavy atom. The number of amides is 2. The summed E-state index contributed by atoms with van der Waals surface area (Å²) in [6.07, 6.45) is -0.536. The highest BCUT2D eigenvalue weighted by Gasteiger charge is 2.31. The molecule has 2 amide bonds. The molecule has 3 rings (SSSR count). The number of alkyl carbamates (subject to hydrolysis) is 1. The minimum Gasteiger partial charge on any atom is -0.444 e. The molecule has 1 aromatic heterocycles. The minimum atomic E-state index is -0.842. The van der Waals surface area contributed by atoms with Crippen LogP contribution >= 0.6 is 0 Å². The molecule has 0 unspecified atom stereocenters. The van der Waals surface area contributed by atoms with Gasteiger partial charge >= 0.3 is 6.09 Å². The van der Waals surface area contributed by atoms with Gasteiger partial charge in [0.1, 0.15) is 11.1 Å². The van der Waals surface area contributed by atoms with Gasteiger partial charge in [0, 0.05) is 31.9 Å². The lowest BCUT2D eigenvalue weighted by molar-refractivity contribution is -0.117. The fourth-order valence-corrected chi connectivity index (χ4v) is 3.88. The summed E-state index contributed by atoms with van der Waals surface area (Å²) in [5.41, 5.74) is 1.58. The minimum absolute atomic E-state index is 0.00267. The molecule has 10 heteroatoms. The number of carbonyl (C=O) groups excluding carboxylic acids is 2. The maximum Gasteiger partial charge on any atom is 0.408 e. The summed E-state index contributed by atoms with van der Waals surface area (Å²) in [6, 6.07) is 5.99. The number of aryl methyl sites for hydroxylation is 2. The number of anilines is 1. The van der Waals surface area contributed by atoms with E-state index in [9.17, 15) is 9.59 Å². The van der Waals surface area contributed by atoms with E-state index in [4.69, 9.17) is 9.26 Å². The summed E-state index contributed by atoms with van der Waals surface area (Å²) in [4.78, 5) is 33.6. The zero-order chi connectivity index (χ0) is 25.8. The highest BCUT2D eigenvalue weighted by atomic mass is 16.6. The number of aromatic nitrogens is 2. The Morgan fingerprint density at radius 1 is 1.03 bits per heavy atom. The largest absolute Gasteiger partial charge is 0.444 e. The lowest BCUT2D eigenvalue weighted by Gasteiger charge is -2.33. The van der Waals surface area contributed by atoms with Gasteiger partial charge in [0.05, 0.1) is 13.1 Å². The van der Waals surface area contributed by atoms with Crippen LogP contribution in [0.2, 0.25) is 0 Å². The van der Waals surface area contributed by atoms with Crippen LogP contribution in [0.1, 0.15) is 57.5 Å². The van der Waals surface area contributed by atoms with Gasteiger partial charge in [-0.3, -0.25) is 14.6 Å². The number of nitrogens with one attached hydrogen (secondary N) is 2. The molecule has 2 aromatic rings. The lowest BCUT2D eigenvalue weighted by Crippen LogP contribution is -2.48. The topological polar surface area (TPSA) is 113 Å².